The van der Waals surface area contributed by atoms with Crippen molar-refractivity contribution in [2.24, 2.45) is 0 Å². The zero-order valence-corrected chi connectivity index (χ0v) is 10.7. The van der Waals surface area contributed by atoms with Crippen LogP contribution in [-0.2, 0) is 11.3 Å². The number of methoxy groups -OCH3 is 1. The lowest BCUT2D eigenvalue weighted by Gasteiger charge is -2.25. The molecular formula is C12H17FN2O3. The van der Waals surface area contributed by atoms with Gasteiger partial charge >= 0.3 is 0 Å². The molecule has 0 aliphatic rings. The summed E-state index contributed by atoms with van der Waals surface area (Å²) in [7, 11) is 1.58. The van der Waals surface area contributed by atoms with Gasteiger partial charge in [0.15, 0.2) is 0 Å². The van der Waals surface area contributed by atoms with Gasteiger partial charge in [-0.25, -0.2) is 4.39 Å². The van der Waals surface area contributed by atoms with Gasteiger partial charge in [0, 0.05) is 30.8 Å². The largest absolute Gasteiger partial charge is 0.383 e. The van der Waals surface area contributed by atoms with Crippen LogP contribution in [0.4, 0.5) is 10.1 Å². The molecule has 0 aliphatic heterocycles. The summed E-state index contributed by atoms with van der Waals surface area (Å²) in [5.41, 5.74) is -0.101. The van der Waals surface area contributed by atoms with E-state index in [1.165, 1.54) is 12.1 Å². The van der Waals surface area contributed by atoms with E-state index in [2.05, 4.69) is 5.32 Å². The topological polar surface area (TPSA) is 64.4 Å². The van der Waals surface area contributed by atoms with Gasteiger partial charge in [0.25, 0.3) is 5.69 Å². The molecule has 0 bridgehead atoms. The number of nitrogens with zero attached hydrogens (tertiary/aromatic N) is 1. The Bertz CT molecular complexity index is 435. The third kappa shape index (κ3) is 4.05. The molecule has 1 rings (SSSR count). The summed E-state index contributed by atoms with van der Waals surface area (Å²) in [5, 5.41) is 13.9. The van der Waals surface area contributed by atoms with Gasteiger partial charge in [-0.15, -0.1) is 0 Å². The lowest BCUT2D eigenvalue weighted by Crippen LogP contribution is -2.42. The fourth-order valence-corrected chi connectivity index (χ4v) is 1.62. The zero-order chi connectivity index (χ0) is 13.8. The van der Waals surface area contributed by atoms with Gasteiger partial charge in [0.2, 0.25) is 0 Å². The predicted molar refractivity (Wildman–Crippen MR) is 65.8 cm³/mol. The number of nitro benzene ring substituents is 1. The SMILES string of the molecule is COCC(C)(C)NCc1cc(F)ccc1[N+](=O)[O-]. The fourth-order valence-electron chi connectivity index (χ4n) is 1.62. The highest BCUT2D eigenvalue weighted by Gasteiger charge is 2.20. The Morgan fingerprint density at radius 1 is 1.50 bits per heavy atom. The van der Waals surface area contributed by atoms with E-state index in [1.807, 2.05) is 13.8 Å². The van der Waals surface area contributed by atoms with Crippen molar-refractivity contribution in [3.05, 3.63) is 39.7 Å². The van der Waals surface area contributed by atoms with E-state index in [1.54, 1.807) is 7.11 Å². The Morgan fingerprint density at radius 3 is 2.72 bits per heavy atom. The number of halogens is 1. The maximum Gasteiger partial charge on any atom is 0.274 e. The lowest BCUT2D eigenvalue weighted by atomic mass is 10.1. The number of hydrogen-bond acceptors (Lipinski definition) is 4. The Morgan fingerprint density at radius 2 is 2.17 bits per heavy atom. The van der Waals surface area contributed by atoms with Gasteiger partial charge in [-0.3, -0.25) is 10.1 Å². The van der Waals surface area contributed by atoms with Crippen LogP contribution in [0.15, 0.2) is 18.2 Å². The smallest absolute Gasteiger partial charge is 0.274 e. The predicted octanol–water partition coefficient (Wildman–Crippen LogP) is 2.25. The van der Waals surface area contributed by atoms with Gasteiger partial charge in [-0.2, -0.15) is 0 Å². The highest BCUT2D eigenvalue weighted by Crippen LogP contribution is 2.20. The zero-order valence-electron chi connectivity index (χ0n) is 10.7. The molecule has 1 aromatic carbocycles. The van der Waals surface area contributed by atoms with Crippen molar-refractivity contribution in [2.75, 3.05) is 13.7 Å². The Kier molecular flexibility index (Phi) is 4.75. The molecule has 6 heteroatoms. The van der Waals surface area contributed by atoms with Crippen LogP contribution in [0.2, 0.25) is 0 Å². The normalized spacial score (nSPS) is 11.6. The third-order valence-electron chi connectivity index (χ3n) is 2.50. The lowest BCUT2D eigenvalue weighted by molar-refractivity contribution is -0.385. The average Bonchev–Trinajstić information content (AvgIpc) is 2.26. The summed E-state index contributed by atoms with van der Waals surface area (Å²) in [6, 6.07) is 3.44. The molecule has 0 saturated heterocycles. The Balaban J connectivity index is 2.83. The number of rotatable bonds is 6. The van der Waals surface area contributed by atoms with Crippen molar-refractivity contribution in [2.45, 2.75) is 25.9 Å². The van der Waals surface area contributed by atoms with Crippen LogP contribution in [0.25, 0.3) is 0 Å². The van der Waals surface area contributed by atoms with Crippen molar-refractivity contribution < 1.29 is 14.1 Å². The Hall–Kier alpha value is -1.53. The fraction of sp³-hybridized carbons (Fsp3) is 0.500. The molecule has 0 radical (unpaired) electrons. The van der Waals surface area contributed by atoms with Gasteiger partial charge in [-0.05, 0) is 26.0 Å². The first-order valence-corrected chi connectivity index (χ1v) is 5.52. The second-order valence-corrected chi connectivity index (χ2v) is 4.70. The van der Waals surface area contributed by atoms with Crippen LogP contribution in [0.5, 0.6) is 0 Å². The number of nitro groups is 1. The van der Waals surface area contributed by atoms with Gasteiger partial charge in [0.1, 0.15) is 5.82 Å². The van der Waals surface area contributed by atoms with Crippen molar-refractivity contribution in [1.82, 2.24) is 5.32 Å². The first kappa shape index (κ1) is 14.5. The van der Waals surface area contributed by atoms with E-state index in [-0.39, 0.29) is 17.8 Å². The molecule has 5 nitrogen and oxygen atoms in total. The van der Waals surface area contributed by atoms with Crippen LogP contribution in [0.1, 0.15) is 19.4 Å². The second kappa shape index (κ2) is 5.88. The van der Waals surface area contributed by atoms with Crippen LogP contribution in [-0.4, -0.2) is 24.2 Å². The summed E-state index contributed by atoms with van der Waals surface area (Å²) < 4.78 is 18.1. The van der Waals surface area contributed by atoms with Crippen LogP contribution < -0.4 is 5.32 Å². The van der Waals surface area contributed by atoms with E-state index in [4.69, 9.17) is 4.74 Å². The van der Waals surface area contributed by atoms with Crippen molar-refractivity contribution in [3.8, 4) is 0 Å². The molecule has 0 spiro atoms. The molecule has 0 atom stereocenters. The Labute approximate surface area is 105 Å². The van der Waals surface area contributed by atoms with Crippen molar-refractivity contribution >= 4 is 5.69 Å². The summed E-state index contributed by atoms with van der Waals surface area (Å²) in [6.45, 7) is 4.48. The van der Waals surface area contributed by atoms with E-state index in [9.17, 15) is 14.5 Å². The minimum atomic E-state index is -0.514. The van der Waals surface area contributed by atoms with E-state index >= 15 is 0 Å². The molecule has 0 amide bonds. The quantitative estimate of drug-likeness (QED) is 0.626. The molecule has 18 heavy (non-hydrogen) atoms. The number of ether oxygens (including phenoxy) is 1. The maximum absolute atomic E-state index is 13.1. The second-order valence-electron chi connectivity index (χ2n) is 4.70. The summed E-state index contributed by atoms with van der Waals surface area (Å²) >= 11 is 0. The highest BCUT2D eigenvalue weighted by molar-refractivity contribution is 5.40. The van der Waals surface area contributed by atoms with Crippen LogP contribution >= 0.6 is 0 Å². The van der Waals surface area contributed by atoms with Gasteiger partial charge in [0.05, 0.1) is 11.5 Å². The van der Waals surface area contributed by atoms with E-state index < -0.39 is 10.7 Å². The monoisotopic (exact) mass is 256 g/mol. The molecule has 0 fully saturated rings. The molecule has 0 saturated carbocycles. The average molecular weight is 256 g/mol. The van der Waals surface area contributed by atoms with Crippen LogP contribution in [0.3, 0.4) is 0 Å². The first-order chi connectivity index (χ1) is 8.35. The number of hydrogen-bond donors (Lipinski definition) is 1. The molecular weight excluding hydrogens is 239 g/mol. The molecule has 0 aliphatic carbocycles. The van der Waals surface area contributed by atoms with Crippen molar-refractivity contribution in [1.29, 1.82) is 0 Å². The molecule has 0 unspecified atom stereocenters. The molecule has 100 valence electrons. The van der Waals surface area contributed by atoms with Crippen LogP contribution in [0, 0.1) is 15.9 Å². The highest BCUT2D eigenvalue weighted by atomic mass is 19.1. The summed E-state index contributed by atoms with van der Waals surface area (Å²) in [4.78, 5) is 10.3. The summed E-state index contributed by atoms with van der Waals surface area (Å²) in [5.74, 6) is -0.484. The van der Waals surface area contributed by atoms with E-state index in [0.717, 1.165) is 6.07 Å². The molecule has 1 aromatic rings. The number of benzene rings is 1. The molecule has 0 aromatic heterocycles. The van der Waals surface area contributed by atoms with Gasteiger partial charge < -0.3 is 10.1 Å². The standard InChI is InChI=1S/C12H17FN2O3/c1-12(2,8-18-3)14-7-9-6-10(13)4-5-11(9)15(16)17/h4-6,14H,7-8H2,1-3H3. The maximum atomic E-state index is 13.1. The molecule has 0 heterocycles. The first-order valence-electron chi connectivity index (χ1n) is 5.52. The van der Waals surface area contributed by atoms with Crippen molar-refractivity contribution in [3.63, 3.8) is 0 Å². The minimum absolute atomic E-state index is 0.0860. The third-order valence-corrected chi connectivity index (χ3v) is 2.50. The van der Waals surface area contributed by atoms with E-state index in [0.29, 0.717) is 12.2 Å². The number of nitrogens with one attached hydrogen (secondary N) is 1. The minimum Gasteiger partial charge on any atom is -0.383 e. The van der Waals surface area contributed by atoms with Gasteiger partial charge in [-0.1, -0.05) is 0 Å². The molecule has 1 N–H and O–H groups in total. The summed E-state index contributed by atoms with van der Waals surface area (Å²) in [6.07, 6.45) is 0.